The monoisotopic (exact) mass is 521 g/mol. The molecule has 0 aliphatic heterocycles. The first kappa shape index (κ1) is 24.4. The van der Waals surface area contributed by atoms with Crippen LogP contribution in [0.25, 0.3) is 10.1 Å². The maximum atomic E-state index is 13.0. The third kappa shape index (κ3) is 5.15. The van der Waals surface area contributed by atoms with Crippen molar-refractivity contribution in [2.45, 2.75) is 31.6 Å². The highest BCUT2D eigenvalue weighted by atomic mass is 32.1. The summed E-state index contributed by atoms with van der Waals surface area (Å²) in [5.74, 6) is -1.00. The fourth-order valence-electron chi connectivity index (χ4n) is 4.27. The van der Waals surface area contributed by atoms with Crippen LogP contribution in [0.2, 0.25) is 0 Å². The highest BCUT2D eigenvalue weighted by Crippen LogP contribution is 2.38. The summed E-state index contributed by atoms with van der Waals surface area (Å²) in [4.78, 5) is 32.7. The van der Waals surface area contributed by atoms with Gasteiger partial charge in [0.15, 0.2) is 0 Å². The van der Waals surface area contributed by atoms with E-state index in [1.165, 1.54) is 6.07 Å². The molecule has 4 aromatic rings. The average Bonchev–Trinajstić information content (AvgIpc) is 3.51. The van der Waals surface area contributed by atoms with Crippen molar-refractivity contribution in [3.05, 3.63) is 93.4 Å². The summed E-state index contributed by atoms with van der Waals surface area (Å²) in [6.07, 6.45) is -1.85. The number of nitrogens with one attached hydrogen (secondary N) is 2. The first-order chi connectivity index (χ1) is 17.7. The molecule has 1 aliphatic carbocycles. The van der Waals surface area contributed by atoms with Gasteiger partial charge in [-0.05, 0) is 59.2 Å². The number of nitrogens with zero attached hydrogens (tertiary/aromatic N) is 3. The molecule has 186 valence electrons. The fraction of sp³-hybridized carbons (Fsp3) is 0.192. The van der Waals surface area contributed by atoms with Gasteiger partial charge in [-0.2, -0.15) is 18.4 Å². The van der Waals surface area contributed by atoms with Gasteiger partial charge in [0.1, 0.15) is 22.6 Å². The molecule has 1 aliphatic rings. The Bertz CT molecular complexity index is 1570. The van der Waals surface area contributed by atoms with E-state index in [0.717, 1.165) is 29.9 Å². The minimum atomic E-state index is -4.41. The van der Waals surface area contributed by atoms with Crippen molar-refractivity contribution in [3.63, 3.8) is 0 Å². The van der Waals surface area contributed by atoms with Crippen LogP contribution in [0.15, 0.2) is 54.9 Å². The van der Waals surface area contributed by atoms with E-state index in [9.17, 15) is 22.8 Å². The quantitative estimate of drug-likeness (QED) is 0.387. The SMILES string of the molecule is N#Cc1ccc2c(c1)CC[C@@H]2NC(=O)c1cc(C(=O)NCc2ccc3cc(C(F)(F)F)sc3c2)ncn1. The molecular formula is C26H18F3N5O2S. The van der Waals surface area contributed by atoms with Crippen molar-refractivity contribution in [1.82, 2.24) is 20.6 Å². The van der Waals surface area contributed by atoms with E-state index in [2.05, 4.69) is 26.7 Å². The van der Waals surface area contributed by atoms with Gasteiger partial charge in [-0.25, -0.2) is 9.97 Å². The van der Waals surface area contributed by atoms with Gasteiger partial charge in [-0.1, -0.05) is 18.2 Å². The number of alkyl halides is 3. The standard InChI is InChI=1S/C26H18F3N5O2S/c27-26(28,29)23-9-17-3-1-15(8-22(17)37-23)12-31-24(35)20-10-21(33-13-32-20)25(36)34-19-6-4-16-7-14(11-30)2-5-18(16)19/h1-3,5,7-10,13,19H,4,6,12H2,(H,31,35)(H,34,36)/t19-/m0/s1. The van der Waals surface area contributed by atoms with E-state index in [1.54, 1.807) is 24.3 Å². The Hall–Kier alpha value is -4.30. The van der Waals surface area contributed by atoms with Crippen LogP contribution in [0.5, 0.6) is 0 Å². The topological polar surface area (TPSA) is 108 Å². The van der Waals surface area contributed by atoms with Crippen LogP contribution in [0.1, 0.15) is 60.6 Å². The largest absolute Gasteiger partial charge is 0.425 e. The molecule has 2 heterocycles. The number of carbonyl (C=O) groups is 2. The third-order valence-corrected chi connectivity index (χ3v) is 7.25. The molecule has 0 radical (unpaired) electrons. The molecule has 0 bridgehead atoms. The van der Waals surface area contributed by atoms with Gasteiger partial charge in [0.05, 0.1) is 17.7 Å². The van der Waals surface area contributed by atoms with Gasteiger partial charge in [-0.3, -0.25) is 9.59 Å². The number of fused-ring (bicyclic) bond motifs is 2. The summed E-state index contributed by atoms with van der Waals surface area (Å²) in [6.45, 7) is 0.0725. The van der Waals surface area contributed by atoms with Crippen molar-refractivity contribution in [2.75, 3.05) is 0 Å². The summed E-state index contributed by atoms with van der Waals surface area (Å²) in [5.41, 5.74) is 3.18. The van der Waals surface area contributed by atoms with Crippen molar-refractivity contribution in [2.24, 2.45) is 0 Å². The third-order valence-electron chi connectivity index (χ3n) is 6.10. The molecule has 2 N–H and O–H groups in total. The Morgan fingerprint density at radius 2 is 1.84 bits per heavy atom. The lowest BCUT2D eigenvalue weighted by Crippen LogP contribution is -2.29. The second kappa shape index (κ2) is 9.63. The fourth-order valence-corrected chi connectivity index (χ4v) is 5.27. The highest BCUT2D eigenvalue weighted by molar-refractivity contribution is 7.19. The summed E-state index contributed by atoms with van der Waals surface area (Å²) in [7, 11) is 0. The molecule has 0 fully saturated rings. The van der Waals surface area contributed by atoms with E-state index in [4.69, 9.17) is 5.26 Å². The Labute approximate surface area is 213 Å². The lowest BCUT2D eigenvalue weighted by Gasteiger charge is -2.14. The summed E-state index contributed by atoms with van der Waals surface area (Å²) in [5, 5.41) is 15.1. The van der Waals surface area contributed by atoms with Crippen LogP contribution in [0.3, 0.4) is 0 Å². The van der Waals surface area contributed by atoms with Gasteiger partial charge >= 0.3 is 6.18 Å². The van der Waals surface area contributed by atoms with E-state index in [1.807, 2.05) is 12.1 Å². The van der Waals surface area contributed by atoms with E-state index < -0.39 is 22.9 Å². The van der Waals surface area contributed by atoms with Crippen molar-refractivity contribution in [3.8, 4) is 6.07 Å². The minimum absolute atomic E-state index is 0.0119. The Morgan fingerprint density at radius 1 is 1.05 bits per heavy atom. The number of aromatic nitrogens is 2. The molecule has 0 unspecified atom stereocenters. The second-order valence-electron chi connectivity index (χ2n) is 8.54. The molecule has 7 nitrogen and oxygen atoms in total. The van der Waals surface area contributed by atoms with Crippen LogP contribution in [0, 0.1) is 11.3 Å². The van der Waals surface area contributed by atoms with Crippen molar-refractivity contribution in [1.29, 1.82) is 5.26 Å². The van der Waals surface area contributed by atoms with Gasteiger partial charge in [0.25, 0.3) is 11.8 Å². The maximum absolute atomic E-state index is 13.0. The van der Waals surface area contributed by atoms with Crippen LogP contribution in [0.4, 0.5) is 13.2 Å². The smallest absolute Gasteiger partial charge is 0.347 e. The molecule has 0 saturated carbocycles. The predicted octanol–water partition coefficient (Wildman–Crippen LogP) is 4.93. The van der Waals surface area contributed by atoms with Gasteiger partial charge in [0, 0.05) is 17.3 Å². The summed E-state index contributed by atoms with van der Waals surface area (Å²) < 4.78 is 39.4. The molecule has 2 amide bonds. The summed E-state index contributed by atoms with van der Waals surface area (Å²) in [6, 6.07) is 14.5. The normalized spacial score (nSPS) is 14.7. The van der Waals surface area contributed by atoms with E-state index in [0.29, 0.717) is 39.0 Å². The molecule has 1 atom stereocenters. The van der Waals surface area contributed by atoms with Crippen molar-refractivity contribution < 1.29 is 22.8 Å². The van der Waals surface area contributed by atoms with Gasteiger partial charge in [-0.15, -0.1) is 11.3 Å². The number of thiophene rings is 1. The number of benzene rings is 2. The molecular weight excluding hydrogens is 503 g/mol. The maximum Gasteiger partial charge on any atom is 0.425 e. The summed E-state index contributed by atoms with van der Waals surface area (Å²) >= 11 is 0.648. The zero-order valence-electron chi connectivity index (χ0n) is 19.1. The number of rotatable bonds is 5. The molecule has 2 aromatic heterocycles. The van der Waals surface area contributed by atoms with Gasteiger partial charge < -0.3 is 10.6 Å². The van der Waals surface area contributed by atoms with Crippen LogP contribution >= 0.6 is 11.3 Å². The first-order valence-electron chi connectivity index (χ1n) is 11.2. The predicted molar refractivity (Wildman–Crippen MR) is 130 cm³/mol. The Morgan fingerprint density at radius 3 is 2.59 bits per heavy atom. The van der Waals surface area contributed by atoms with Crippen LogP contribution < -0.4 is 10.6 Å². The number of carbonyl (C=O) groups excluding carboxylic acids is 2. The molecule has 5 rings (SSSR count). The number of amides is 2. The molecule has 2 aromatic carbocycles. The lowest BCUT2D eigenvalue weighted by atomic mass is 10.1. The molecule has 11 heteroatoms. The average molecular weight is 522 g/mol. The Kier molecular flexibility index (Phi) is 6.35. The van der Waals surface area contributed by atoms with E-state index in [-0.39, 0.29) is 24.0 Å². The molecule has 37 heavy (non-hydrogen) atoms. The Balaban J connectivity index is 1.24. The highest BCUT2D eigenvalue weighted by Gasteiger charge is 2.32. The number of nitriles is 1. The first-order valence-corrected chi connectivity index (χ1v) is 12.1. The lowest BCUT2D eigenvalue weighted by molar-refractivity contribution is -0.134. The second-order valence-corrected chi connectivity index (χ2v) is 9.63. The zero-order valence-corrected chi connectivity index (χ0v) is 19.9. The molecule has 0 spiro atoms. The van der Waals surface area contributed by atoms with Crippen LogP contribution in [-0.2, 0) is 19.1 Å². The van der Waals surface area contributed by atoms with E-state index >= 15 is 0 Å². The number of hydrogen-bond acceptors (Lipinski definition) is 6. The van der Waals surface area contributed by atoms with Gasteiger partial charge in [0.2, 0.25) is 0 Å². The minimum Gasteiger partial charge on any atom is -0.347 e. The van der Waals surface area contributed by atoms with Crippen LogP contribution in [-0.4, -0.2) is 21.8 Å². The molecule has 0 saturated heterocycles. The number of hydrogen-bond donors (Lipinski definition) is 2. The number of halogens is 3. The number of aryl methyl sites for hydroxylation is 1. The zero-order chi connectivity index (χ0) is 26.2. The van der Waals surface area contributed by atoms with Crippen molar-refractivity contribution >= 4 is 33.2 Å².